The first-order valence-corrected chi connectivity index (χ1v) is 11.6. The molecule has 1 aliphatic rings. The molecule has 3 aromatic rings. The monoisotopic (exact) mass is 435 g/mol. The molecule has 0 unspecified atom stereocenters. The molecule has 0 atom stereocenters. The van der Waals surface area contributed by atoms with Gasteiger partial charge in [-0.05, 0) is 49.7 Å². The van der Waals surface area contributed by atoms with Gasteiger partial charge in [0.2, 0.25) is 5.91 Å². The summed E-state index contributed by atoms with van der Waals surface area (Å²) in [4.78, 5) is 21.7. The summed E-state index contributed by atoms with van der Waals surface area (Å²) in [7, 11) is 1.71. The normalized spacial score (nSPS) is 13.3. The molecule has 32 heavy (non-hydrogen) atoms. The first-order chi connectivity index (χ1) is 15.7. The van der Waals surface area contributed by atoms with E-state index in [9.17, 15) is 4.79 Å². The molecule has 0 aliphatic heterocycles. The van der Waals surface area contributed by atoms with E-state index in [-0.39, 0.29) is 5.91 Å². The summed E-state index contributed by atoms with van der Waals surface area (Å²) >= 11 is 0. The number of amides is 1. The van der Waals surface area contributed by atoms with Crippen LogP contribution < -0.4 is 11.1 Å². The Balaban J connectivity index is 1.42. The molecule has 3 N–H and O–H groups in total. The Labute approximate surface area is 189 Å². The molecule has 0 bridgehead atoms. The number of benzene rings is 1. The first kappa shape index (κ1) is 22.3. The number of nitrogens with one attached hydrogen (secondary N) is 1. The largest absolute Gasteiger partial charge is 0.384 e. The Morgan fingerprint density at radius 2 is 1.97 bits per heavy atom. The van der Waals surface area contributed by atoms with E-state index in [1.165, 1.54) is 12.0 Å². The third kappa shape index (κ3) is 5.10. The number of aromatic nitrogens is 3. The molecule has 1 aromatic carbocycles. The van der Waals surface area contributed by atoms with Crippen LogP contribution in [0, 0.1) is 0 Å². The molecule has 170 valence electrons. The zero-order chi connectivity index (χ0) is 22.3. The van der Waals surface area contributed by atoms with Crippen molar-refractivity contribution < 1.29 is 9.53 Å². The van der Waals surface area contributed by atoms with Crippen LogP contribution in [0.5, 0.6) is 0 Å². The fraction of sp³-hybridized carbons (Fsp3) is 0.480. The second kappa shape index (κ2) is 10.6. The Kier molecular flexibility index (Phi) is 7.37. The third-order valence-corrected chi connectivity index (χ3v) is 6.14. The Morgan fingerprint density at radius 1 is 1.16 bits per heavy atom. The highest BCUT2D eigenvalue weighted by molar-refractivity contribution is 5.89. The SMILES string of the molecule is COCCc1nc2c(N)nc3c(c2n1CCCCNC(=O)Cc1ccccc1)CCCC3. The number of imidazole rings is 1. The van der Waals surface area contributed by atoms with Crippen molar-refractivity contribution in [2.24, 2.45) is 0 Å². The van der Waals surface area contributed by atoms with E-state index in [0.29, 0.717) is 25.4 Å². The molecule has 2 aromatic heterocycles. The van der Waals surface area contributed by atoms with Crippen LogP contribution in [-0.4, -0.2) is 40.7 Å². The number of fused-ring (bicyclic) bond motifs is 3. The first-order valence-electron chi connectivity index (χ1n) is 11.6. The molecule has 4 rings (SSSR count). The van der Waals surface area contributed by atoms with E-state index in [1.807, 2.05) is 30.3 Å². The number of methoxy groups -OCH3 is 1. The molecule has 0 saturated heterocycles. The third-order valence-electron chi connectivity index (χ3n) is 6.14. The minimum Gasteiger partial charge on any atom is -0.384 e. The number of anilines is 1. The lowest BCUT2D eigenvalue weighted by Gasteiger charge is -2.18. The molecule has 7 heteroatoms. The molecule has 0 saturated carbocycles. The van der Waals surface area contributed by atoms with Gasteiger partial charge in [0.25, 0.3) is 0 Å². The van der Waals surface area contributed by atoms with Crippen LogP contribution in [0.1, 0.15) is 48.3 Å². The molecule has 7 nitrogen and oxygen atoms in total. The summed E-state index contributed by atoms with van der Waals surface area (Å²) < 4.78 is 7.63. The van der Waals surface area contributed by atoms with Gasteiger partial charge in [0, 0.05) is 32.3 Å². The second-order valence-electron chi connectivity index (χ2n) is 8.47. The number of carbonyl (C=O) groups is 1. The standard InChI is InChI=1S/C25H33N5O2/c1-32-16-13-21-29-23-24(19-11-5-6-12-20(19)28-25(23)26)30(21)15-8-7-14-27-22(31)17-18-9-3-2-4-10-18/h2-4,9-10H,5-8,11-17H2,1H3,(H2,26,28)(H,27,31). The molecular formula is C25H33N5O2. The van der Waals surface area contributed by atoms with Gasteiger partial charge in [-0.25, -0.2) is 9.97 Å². The van der Waals surface area contributed by atoms with Gasteiger partial charge in [0.15, 0.2) is 5.82 Å². The van der Waals surface area contributed by atoms with Crippen molar-refractivity contribution in [2.45, 2.75) is 57.9 Å². The highest BCUT2D eigenvalue weighted by Gasteiger charge is 2.22. The van der Waals surface area contributed by atoms with Crippen molar-refractivity contribution in [3.8, 4) is 0 Å². The smallest absolute Gasteiger partial charge is 0.224 e. The summed E-state index contributed by atoms with van der Waals surface area (Å²) in [5, 5.41) is 3.04. The summed E-state index contributed by atoms with van der Waals surface area (Å²) in [5.74, 6) is 1.60. The van der Waals surface area contributed by atoms with Crippen LogP contribution in [0.25, 0.3) is 11.0 Å². The predicted octanol–water partition coefficient (Wildman–Crippen LogP) is 3.22. The molecular weight excluding hydrogens is 402 g/mol. The van der Waals surface area contributed by atoms with Crippen molar-refractivity contribution in [3.63, 3.8) is 0 Å². The van der Waals surface area contributed by atoms with Crippen LogP contribution >= 0.6 is 0 Å². The van der Waals surface area contributed by atoms with Crippen molar-refractivity contribution in [2.75, 3.05) is 26.0 Å². The van der Waals surface area contributed by atoms with Gasteiger partial charge in [0.05, 0.1) is 18.5 Å². The molecule has 0 spiro atoms. The van der Waals surface area contributed by atoms with E-state index in [2.05, 4.69) is 14.9 Å². The van der Waals surface area contributed by atoms with Crippen molar-refractivity contribution in [3.05, 3.63) is 53.0 Å². The zero-order valence-electron chi connectivity index (χ0n) is 18.9. The molecule has 2 heterocycles. The van der Waals surface area contributed by atoms with Gasteiger partial charge in [-0.2, -0.15) is 0 Å². The van der Waals surface area contributed by atoms with Gasteiger partial charge in [-0.1, -0.05) is 30.3 Å². The van der Waals surface area contributed by atoms with Crippen LogP contribution in [0.4, 0.5) is 5.82 Å². The number of hydrogen-bond acceptors (Lipinski definition) is 5. The van der Waals surface area contributed by atoms with Crippen molar-refractivity contribution in [1.82, 2.24) is 19.9 Å². The number of carbonyl (C=O) groups excluding carboxylic acids is 1. The molecule has 0 fully saturated rings. The minimum absolute atomic E-state index is 0.0676. The van der Waals surface area contributed by atoms with Crippen molar-refractivity contribution in [1.29, 1.82) is 0 Å². The maximum absolute atomic E-state index is 12.2. The lowest BCUT2D eigenvalue weighted by atomic mass is 9.95. The summed E-state index contributed by atoms with van der Waals surface area (Å²) in [6.45, 7) is 2.14. The fourth-order valence-electron chi connectivity index (χ4n) is 4.54. The van der Waals surface area contributed by atoms with Gasteiger partial charge in [0.1, 0.15) is 11.3 Å². The van der Waals surface area contributed by atoms with E-state index in [0.717, 1.165) is 73.2 Å². The van der Waals surface area contributed by atoms with Gasteiger partial charge in [-0.3, -0.25) is 4.79 Å². The number of ether oxygens (including phenoxy) is 1. The maximum atomic E-state index is 12.2. The topological polar surface area (TPSA) is 95.1 Å². The molecule has 1 aliphatic carbocycles. The number of hydrogen-bond donors (Lipinski definition) is 2. The van der Waals surface area contributed by atoms with Crippen LogP contribution in [0.3, 0.4) is 0 Å². The number of nitrogens with zero attached hydrogens (tertiary/aromatic N) is 3. The molecule has 1 amide bonds. The Morgan fingerprint density at radius 3 is 2.78 bits per heavy atom. The summed E-state index contributed by atoms with van der Waals surface area (Å²) in [6.07, 6.45) is 7.39. The number of unbranched alkanes of at least 4 members (excludes halogenated alkanes) is 1. The molecule has 0 radical (unpaired) electrons. The van der Waals surface area contributed by atoms with Crippen LogP contribution in [0.15, 0.2) is 30.3 Å². The Hall–Kier alpha value is -2.93. The van der Waals surface area contributed by atoms with Crippen LogP contribution in [-0.2, 0) is 41.8 Å². The fourth-order valence-corrected chi connectivity index (χ4v) is 4.54. The second-order valence-corrected chi connectivity index (χ2v) is 8.47. The van der Waals surface area contributed by atoms with Crippen molar-refractivity contribution >= 4 is 22.8 Å². The number of nitrogens with two attached hydrogens (primary N) is 1. The van der Waals surface area contributed by atoms with E-state index in [1.54, 1.807) is 7.11 Å². The van der Waals surface area contributed by atoms with Crippen LogP contribution in [0.2, 0.25) is 0 Å². The zero-order valence-corrected chi connectivity index (χ0v) is 18.9. The van der Waals surface area contributed by atoms with E-state index in [4.69, 9.17) is 15.5 Å². The quantitative estimate of drug-likeness (QED) is 0.477. The highest BCUT2D eigenvalue weighted by Crippen LogP contribution is 2.31. The lowest BCUT2D eigenvalue weighted by molar-refractivity contribution is -0.120. The van der Waals surface area contributed by atoms with Gasteiger partial charge < -0.3 is 20.4 Å². The van der Waals surface area contributed by atoms with E-state index < -0.39 is 0 Å². The number of aryl methyl sites for hydroxylation is 3. The summed E-state index contributed by atoms with van der Waals surface area (Å²) in [5.41, 5.74) is 11.8. The average Bonchev–Trinajstić information content (AvgIpc) is 3.17. The minimum atomic E-state index is 0.0676. The number of pyridine rings is 1. The van der Waals surface area contributed by atoms with Gasteiger partial charge >= 0.3 is 0 Å². The highest BCUT2D eigenvalue weighted by atomic mass is 16.5. The van der Waals surface area contributed by atoms with Gasteiger partial charge in [-0.15, -0.1) is 0 Å². The maximum Gasteiger partial charge on any atom is 0.224 e. The number of nitrogen functional groups attached to an aromatic ring is 1. The Bertz CT molecular complexity index is 1060. The lowest BCUT2D eigenvalue weighted by Crippen LogP contribution is -2.26. The average molecular weight is 436 g/mol. The predicted molar refractivity (Wildman–Crippen MR) is 127 cm³/mol. The summed E-state index contributed by atoms with van der Waals surface area (Å²) in [6, 6.07) is 9.84. The number of rotatable bonds is 10. The van der Waals surface area contributed by atoms with E-state index >= 15 is 0 Å².